The summed E-state index contributed by atoms with van der Waals surface area (Å²) in [4.78, 5) is 37.7. The molecule has 27 heavy (non-hydrogen) atoms. The number of para-hydroxylation sites is 1. The number of rotatable bonds is 3. The van der Waals surface area contributed by atoms with Crippen LogP contribution < -0.4 is 10.9 Å². The van der Waals surface area contributed by atoms with Gasteiger partial charge >= 0.3 is 0 Å². The van der Waals surface area contributed by atoms with Crippen molar-refractivity contribution in [3.8, 4) is 17.1 Å². The number of nitrogens with zero attached hydrogens (tertiary/aromatic N) is 4. The smallest absolute Gasteiger partial charge is 0.255 e. The summed E-state index contributed by atoms with van der Waals surface area (Å²) in [6.07, 6.45) is 4.37. The molecule has 8 nitrogen and oxygen atoms in total. The normalized spacial score (nSPS) is 15.8. The largest absolute Gasteiger partial charge is 0.507 e. The van der Waals surface area contributed by atoms with Crippen molar-refractivity contribution in [3.63, 3.8) is 0 Å². The molecule has 1 atom stereocenters. The summed E-state index contributed by atoms with van der Waals surface area (Å²) in [6.45, 7) is 0.550. The van der Waals surface area contributed by atoms with Gasteiger partial charge in [0, 0.05) is 18.8 Å². The Labute approximate surface area is 154 Å². The molecule has 1 unspecified atom stereocenters. The Morgan fingerprint density at radius 3 is 2.85 bits per heavy atom. The van der Waals surface area contributed by atoms with Gasteiger partial charge in [-0.3, -0.25) is 14.2 Å². The molecule has 0 aliphatic carbocycles. The first-order chi connectivity index (χ1) is 13.1. The maximum Gasteiger partial charge on any atom is 0.255 e. The lowest BCUT2D eigenvalue weighted by Gasteiger charge is -2.27. The highest BCUT2D eigenvalue weighted by molar-refractivity contribution is 5.96. The van der Waals surface area contributed by atoms with E-state index in [1.54, 1.807) is 35.0 Å². The van der Waals surface area contributed by atoms with Gasteiger partial charge in [0.25, 0.3) is 11.5 Å². The van der Waals surface area contributed by atoms with E-state index < -0.39 is 11.9 Å². The second kappa shape index (κ2) is 6.99. The van der Waals surface area contributed by atoms with Crippen molar-refractivity contribution in [2.45, 2.75) is 25.4 Å². The van der Waals surface area contributed by atoms with E-state index >= 15 is 0 Å². The monoisotopic (exact) mass is 363 g/mol. The van der Waals surface area contributed by atoms with Crippen LogP contribution in [0.4, 0.5) is 0 Å². The quantitative estimate of drug-likeness (QED) is 0.732. The summed E-state index contributed by atoms with van der Waals surface area (Å²) >= 11 is 0. The zero-order chi connectivity index (χ0) is 18.8. The molecular formula is C19H17N5O3. The SMILES string of the molecule is O=C(NC1CCCn2c1nc(-c1ccncn1)cc2=O)c1ccccc1O. The molecule has 4 rings (SSSR count). The zero-order valence-electron chi connectivity index (χ0n) is 14.4. The Morgan fingerprint density at radius 2 is 2.07 bits per heavy atom. The average Bonchev–Trinajstić information content (AvgIpc) is 2.69. The molecule has 0 bridgehead atoms. The molecule has 8 heteroatoms. The summed E-state index contributed by atoms with van der Waals surface area (Å²) in [7, 11) is 0. The summed E-state index contributed by atoms with van der Waals surface area (Å²) in [5, 5.41) is 12.8. The lowest BCUT2D eigenvalue weighted by molar-refractivity contribution is 0.0924. The first-order valence-corrected chi connectivity index (χ1v) is 8.60. The average molecular weight is 363 g/mol. The number of hydrogen-bond acceptors (Lipinski definition) is 6. The fourth-order valence-electron chi connectivity index (χ4n) is 3.21. The number of benzene rings is 1. The number of aromatic hydroxyl groups is 1. The third-order valence-electron chi connectivity index (χ3n) is 4.52. The number of phenolic OH excluding ortho intramolecular Hbond substituents is 1. The van der Waals surface area contributed by atoms with Crippen molar-refractivity contribution in [2.75, 3.05) is 0 Å². The van der Waals surface area contributed by atoms with Crippen LogP contribution in [0.2, 0.25) is 0 Å². The fraction of sp³-hybridized carbons (Fsp3) is 0.211. The third-order valence-corrected chi connectivity index (χ3v) is 4.52. The molecule has 3 aromatic rings. The Morgan fingerprint density at radius 1 is 1.22 bits per heavy atom. The molecule has 1 aliphatic rings. The van der Waals surface area contributed by atoms with Gasteiger partial charge in [-0.25, -0.2) is 15.0 Å². The van der Waals surface area contributed by atoms with Crippen LogP contribution in [0.3, 0.4) is 0 Å². The van der Waals surface area contributed by atoms with Crippen LogP contribution in [-0.4, -0.2) is 30.5 Å². The Hall–Kier alpha value is -3.55. The van der Waals surface area contributed by atoms with E-state index in [-0.39, 0.29) is 16.9 Å². The van der Waals surface area contributed by atoms with Gasteiger partial charge in [-0.1, -0.05) is 12.1 Å². The Kier molecular flexibility index (Phi) is 4.37. The molecular weight excluding hydrogens is 346 g/mol. The van der Waals surface area contributed by atoms with E-state index in [9.17, 15) is 14.7 Å². The highest BCUT2D eigenvalue weighted by atomic mass is 16.3. The van der Waals surface area contributed by atoms with Gasteiger partial charge in [-0.15, -0.1) is 0 Å². The minimum absolute atomic E-state index is 0.0918. The van der Waals surface area contributed by atoms with Gasteiger partial charge in [0.05, 0.1) is 23.0 Å². The molecule has 1 amide bonds. The molecule has 1 aliphatic heterocycles. The van der Waals surface area contributed by atoms with Crippen LogP contribution in [0.25, 0.3) is 11.4 Å². The first-order valence-electron chi connectivity index (χ1n) is 8.60. The van der Waals surface area contributed by atoms with Crippen molar-refractivity contribution in [1.82, 2.24) is 24.8 Å². The number of carbonyl (C=O) groups is 1. The van der Waals surface area contributed by atoms with E-state index in [0.29, 0.717) is 30.2 Å². The second-order valence-corrected chi connectivity index (χ2v) is 6.27. The van der Waals surface area contributed by atoms with Crippen molar-refractivity contribution in [2.24, 2.45) is 0 Å². The van der Waals surface area contributed by atoms with Gasteiger partial charge in [-0.05, 0) is 31.0 Å². The minimum Gasteiger partial charge on any atom is -0.507 e. The summed E-state index contributed by atoms with van der Waals surface area (Å²) < 4.78 is 1.57. The van der Waals surface area contributed by atoms with E-state index in [1.165, 1.54) is 18.5 Å². The van der Waals surface area contributed by atoms with E-state index in [0.717, 1.165) is 6.42 Å². The molecule has 0 spiro atoms. The highest BCUT2D eigenvalue weighted by Gasteiger charge is 2.26. The van der Waals surface area contributed by atoms with Crippen LogP contribution in [0.15, 0.2) is 53.7 Å². The van der Waals surface area contributed by atoms with Gasteiger partial charge in [0.15, 0.2) is 0 Å². The zero-order valence-corrected chi connectivity index (χ0v) is 14.4. The molecule has 3 heterocycles. The van der Waals surface area contributed by atoms with Crippen LogP contribution in [0.5, 0.6) is 5.75 Å². The summed E-state index contributed by atoms with van der Waals surface area (Å²) in [6, 6.07) is 9.03. The van der Waals surface area contributed by atoms with Gasteiger partial charge in [0.1, 0.15) is 17.9 Å². The number of hydrogen-bond donors (Lipinski definition) is 2. The second-order valence-electron chi connectivity index (χ2n) is 6.27. The Bertz CT molecular complexity index is 1050. The topological polar surface area (TPSA) is 110 Å². The lowest BCUT2D eigenvalue weighted by atomic mass is 10.0. The Balaban J connectivity index is 1.70. The van der Waals surface area contributed by atoms with Crippen LogP contribution in [0, 0.1) is 0 Å². The molecule has 0 saturated carbocycles. The maximum atomic E-state index is 12.6. The van der Waals surface area contributed by atoms with Crippen molar-refractivity contribution >= 4 is 5.91 Å². The number of phenols is 1. The molecule has 2 aromatic heterocycles. The van der Waals surface area contributed by atoms with Crippen molar-refractivity contribution in [3.05, 3.63) is 70.7 Å². The molecule has 0 saturated heterocycles. The van der Waals surface area contributed by atoms with Crippen LogP contribution >= 0.6 is 0 Å². The van der Waals surface area contributed by atoms with Gasteiger partial charge in [0.2, 0.25) is 0 Å². The molecule has 136 valence electrons. The minimum atomic E-state index is -0.430. The highest BCUT2D eigenvalue weighted by Crippen LogP contribution is 2.25. The maximum absolute atomic E-state index is 12.6. The molecule has 0 radical (unpaired) electrons. The number of aromatic nitrogens is 4. The number of carbonyl (C=O) groups excluding carboxylic acids is 1. The molecule has 2 N–H and O–H groups in total. The predicted molar refractivity (Wildman–Crippen MR) is 97.1 cm³/mol. The fourth-order valence-corrected chi connectivity index (χ4v) is 3.21. The summed E-state index contributed by atoms with van der Waals surface area (Å²) in [5.41, 5.74) is 0.984. The standard InChI is InChI=1S/C19H17N5O3/c25-16-6-2-1-4-12(16)19(27)23-14-5-3-9-24-17(26)10-15(22-18(14)24)13-7-8-20-11-21-13/h1-2,4,6-8,10-11,14,25H,3,5,9H2,(H,23,27). The number of nitrogens with one attached hydrogen (secondary N) is 1. The van der Waals surface area contributed by atoms with Gasteiger partial charge < -0.3 is 10.4 Å². The third kappa shape index (κ3) is 3.29. The lowest BCUT2D eigenvalue weighted by Crippen LogP contribution is -2.38. The molecule has 0 fully saturated rings. The van der Waals surface area contributed by atoms with Crippen LogP contribution in [0.1, 0.15) is 35.1 Å². The molecule has 1 aromatic carbocycles. The van der Waals surface area contributed by atoms with E-state index in [1.807, 2.05) is 0 Å². The van der Waals surface area contributed by atoms with Crippen molar-refractivity contribution < 1.29 is 9.90 Å². The van der Waals surface area contributed by atoms with Gasteiger partial charge in [-0.2, -0.15) is 0 Å². The van der Waals surface area contributed by atoms with E-state index in [2.05, 4.69) is 20.3 Å². The van der Waals surface area contributed by atoms with Crippen molar-refractivity contribution in [1.29, 1.82) is 0 Å². The number of fused-ring (bicyclic) bond motifs is 1. The summed E-state index contributed by atoms with van der Waals surface area (Å²) in [5.74, 6) is -0.00901. The van der Waals surface area contributed by atoms with E-state index in [4.69, 9.17) is 0 Å². The van der Waals surface area contributed by atoms with Crippen LogP contribution in [-0.2, 0) is 6.54 Å². The number of amides is 1. The first kappa shape index (κ1) is 16.9. The predicted octanol–water partition coefficient (Wildman–Crippen LogP) is 1.67.